The maximum Gasteiger partial charge on any atom is 0.319 e. The third kappa shape index (κ3) is 4.07. The summed E-state index contributed by atoms with van der Waals surface area (Å²) in [5.74, 6) is 0. The van der Waals surface area contributed by atoms with Crippen molar-refractivity contribution in [2.75, 3.05) is 5.32 Å². The number of hydrogen-bond acceptors (Lipinski definition) is 1. The van der Waals surface area contributed by atoms with E-state index in [0.717, 1.165) is 12.8 Å². The maximum absolute atomic E-state index is 11.8. The topological polar surface area (TPSA) is 41.1 Å². The normalized spacial score (nSPS) is 16.3. The van der Waals surface area contributed by atoms with E-state index in [4.69, 9.17) is 23.2 Å². The van der Waals surface area contributed by atoms with E-state index >= 15 is 0 Å². The van der Waals surface area contributed by atoms with E-state index in [0.29, 0.717) is 15.7 Å². The average molecular weight is 287 g/mol. The number of amides is 2. The van der Waals surface area contributed by atoms with Crippen LogP contribution in [0.15, 0.2) is 18.2 Å². The number of rotatable bonds is 2. The van der Waals surface area contributed by atoms with Crippen LogP contribution in [0.25, 0.3) is 0 Å². The Morgan fingerprint density at radius 1 is 1.06 bits per heavy atom. The Morgan fingerprint density at radius 2 is 1.67 bits per heavy atom. The minimum atomic E-state index is -0.194. The van der Waals surface area contributed by atoms with E-state index in [9.17, 15) is 4.79 Å². The molecule has 0 atom stereocenters. The van der Waals surface area contributed by atoms with Crippen LogP contribution >= 0.6 is 23.2 Å². The first kappa shape index (κ1) is 13.5. The second-order valence-corrected chi connectivity index (χ2v) is 5.46. The number of carbonyl (C=O) groups is 1. The molecule has 0 radical (unpaired) electrons. The largest absolute Gasteiger partial charge is 0.335 e. The molecule has 0 aromatic heterocycles. The summed E-state index contributed by atoms with van der Waals surface area (Å²) >= 11 is 11.7. The molecule has 0 saturated heterocycles. The summed E-state index contributed by atoms with van der Waals surface area (Å²) in [6.45, 7) is 0. The van der Waals surface area contributed by atoms with E-state index < -0.39 is 0 Å². The van der Waals surface area contributed by atoms with Crippen LogP contribution in [0.2, 0.25) is 10.0 Å². The average Bonchev–Trinajstić information content (AvgIpc) is 2.28. The molecule has 2 amide bonds. The molecule has 18 heavy (non-hydrogen) atoms. The quantitative estimate of drug-likeness (QED) is 0.829. The predicted octanol–water partition coefficient (Wildman–Crippen LogP) is 4.45. The van der Waals surface area contributed by atoms with E-state index in [-0.39, 0.29) is 12.1 Å². The molecular weight excluding hydrogens is 271 g/mol. The molecule has 0 aliphatic heterocycles. The van der Waals surface area contributed by atoms with E-state index in [1.807, 2.05) is 0 Å². The highest BCUT2D eigenvalue weighted by atomic mass is 35.5. The molecule has 1 aliphatic rings. The summed E-state index contributed by atoms with van der Waals surface area (Å²) in [7, 11) is 0. The zero-order chi connectivity index (χ0) is 13.0. The Balaban J connectivity index is 1.89. The van der Waals surface area contributed by atoms with Gasteiger partial charge < -0.3 is 10.6 Å². The molecule has 0 bridgehead atoms. The molecule has 1 saturated carbocycles. The Labute approximate surface area is 117 Å². The molecule has 3 nitrogen and oxygen atoms in total. The molecule has 0 spiro atoms. The summed E-state index contributed by atoms with van der Waals surface area (Å²) in [4.78, 5) is 11.8. The lowest BCUT2D eigenvalue weighted by Gasteiger charge is -2.22. The number of carbonyl (C=O) groups excluding carboxylic acids is 1. The third-order valence-corrected chi connectivity index (χ3v) is 3.50. The first-order valence-corrected chi connectivity index (χ1v) is 6.93. The van der Waals surface area contributed by atoms with E-state index in [2.05, 4.69) is 10.6 Å². The van der Waals surface area contributed by atoms with Crippen molar-refractivity contribution in [2.24, 2.45) is 0 Å². The van der Waals surface area contributed by atoms with Crippen LogP contribution in [0.5, 0.6) is 0 Å². The molecule has 1 aliphatic carbocycles. The van der Waals surface area contributed by atoms with Crippen LogP contribution in [0.1, 0.15) is 32.1 Å². The van der Waals surface area contributed by atoms with Gasteiger partial charge in [0.15, 0.2) is 0 Å². The first-order valence-electron chi connectivity index (χ1n) is 6.17. The van der Waals surface area contributed by atoms with Gasteiger partial charge in [0.2, 0.25) is 0 Å². The van der Waals surface area contributed by atoms with Crippen molar-refractivity contribution in [3.05, 3.63) is 28.2 Å². The van der Waals surface area contributed by atoms with Gasteiger partial charge in [0.25, 0.3) is 0 Å². The summed E-state index contributed by atoms with van der Waals surface area (Å²) < 4.78 is 0. The van der Waals surface area contributed by atoms with Gasteiger partial charge in [-0.2, -0.15) is 0 Å². The van der Waals surface area contributed by atoms with Crippen LogP contribution < -0.4 is 10.6 Å². The summed E-state index contributed by atoms with van der Waals surface area (Å²) in [6.07, 6.45) is 5.76. The Morgan fingerprint density at radius 3 is 2.28 bits per heavy atom. The van der Waals surface area contributed by atoms with Crippen molar-refractivity contribution in [1.82, 2.24) is 5.32 Å². The second-order valence-electron chi connectivity index (χ2n) is 4.59. The van der Waals surface area contributed by atoms with Crippen LogP contribution in [0.3, 0.4) is 0 Å². The van der Waals surface area contributed by atoms with Crippen LogP contribution in [-0.2, 0) is 0 Å². The third-order valence-electron chi connectivity index (χ3n) is 3.06. The lowest BCUT2D eigenvalue weighted by atomic mass is 9.96. The summed E-state index contributed by atoms with van der Waals surface area (Å²) in [5, 5.41) is 6.74. The first-order chi connectivity index (χ1) is 8.63. The van der Waals surface area contributed by atoms with Gasteiger partial charge in [-0.3, -0.25) is 0 Å². The van der Waals surface area contributed by atoms with Gasteiger partial charge >= 0.3 is 6.03 Å². The maximum atomic E-state index is 11.8. The smallest absolute Gasteiger partial charge is 0.319 e. The Hall–Kier alpha value is -0.930. The molecule has 1 aromatic rings. The lowest BCUT2D eigenvalue weighted by Crippen LogP contribution is -2.39. The van der Waals surface area contributed by atoms with Crippen molar-refractivity contribution in [1.29, 1.82) is 0 Å². The van der Waals surface area contributed by atoms with E-state index in [1.54, 1.807) is 18.2 Å². The van der Waals surface area contributed by atoms with Gasteiger partial charge in [0.1, 0.15) is 0 Å². The highest BCUT2D eigenvalue weighted by Crippen LogP contribution is 2.22. The summed E-state index contributed by atoms with van der Waals surface area (Å²) in [5.41, 5.74) is 0.612. The molecule has 98 valence electrons. The fraction of sp³-hybridized carbons (Fsp3) is 0.462. The fourth-order valence-electron chi connectivity index (χ4n) is 2.23. The van der Waals surface area contributed by atoms with Crippen molar-refractivity contribution < 1.29 is 4.79 Å². The van der Waals surface area contributed by atoms with Crippen molar-refractivity contribution in [3.63, 3.8) is 0 Å². The van der Waals surface area contributed by atoms with Crippen LogP contribution in [-0.4, -0.2) is 12.1 Å². The van der Waals surface area contributed by atoms with Gasteiger partial charge in [0, 0.05) is 21.8 Å². The van der Waals surface area contributed by atoms with Gasteiger partial charge in [-0.15, -0.1) is 0 Å². The Bertz CT molecular complexity index is 411. The minimum Gasteiger partial charge on any atom is -0.335 e. The monoisotopic (exact) mass is 286 g/mol. The predicted molar refractivity (Wildman–Crippen MR) is 75.5 cm³/mol. The molecule has 1 fully saturated rings. The number of benzene rings is 1. The number of nitrogens with one attached hydrogen (secondary N) is 2. The standard InChI is InChI=1S/C13H16Cl2N2O/c14-9-6-10(15)8-12(7-9)17-13(18)16-11-4-2-1-3-5-11/h6-8,11H,1-5H2,(H2,16,17,18). The fourth-order valence-corrected chi connectivity index (χ4v) is 2.75. The summed E-state index contributed by atoms with van der Waals surface area (Å²) in [6, 6.07) is 5.07. The molecule has 2 rings (SSSR count). The molecule has 5 heteroatoms. The van der Waals surface area contributed by atoms with Crippen LogP contribution in [0, 0.1) is 0 Å². The number of halogens is 2. The molecule has 0 unspecified atom stereocenters. The lowest BCUT2D eigenvalue weighted by molar-refractivity contribution is 0.244. The number of hydrogen-bond donors (Lipinski definition) is 2. The highest BCUT2D eigenvalue weighted by Gasteiger charge is 2.15. The molecule has 2 N–H and O–H groups in total. The highest BCUT2D eigenvalue weighted by molar-refractivity contribution is 6.35. The van der Waals surface area contributed by atoms with Crippen molar-refractivity contribution in [3.8, 4) is 0 Å². The second kappa shape index (κ2) is 6.30. The molecular formula is C13H16Cl2N2O. The SMILES string of the molecule is O=C(Nc1cc(Cl)cc(Cl)c1)NC1CCCCC1. The number of anilines is 1. The Kier molecular flexibility index (Phi) is 4.72. The van der Waals surface area contributed by atoms with Crippen molar-refractivity contribution >= 4 is 34.9 Å². The van der Waals surface area contributed by atoms with Gasteiger partial charge in [-0.1, -0.05) is 42.5 Å². The van der Waals surface area contributed by atoms with E-state index in [1.165, 1.54) is 19.3 Å². The van der Waals surface area contributed by atoms with Gasteiger partial charge in [0.05, 0.1) is 0 Å². The minimum absolute atomic E-state index is 0.194. The van der Waals surface area contributed by atoms with Crippen LogP contribution in [0.4, 0.5) is 10.5 Å². The number of urea groups is 1. The van der Waals surface area contributed by atoms with Crippen molar-refractivity contribution in [2.45, 2.75) is 38.1 Å². The molecule has 0 heterocycles. The van der Waals surface area contributed by atoms with Gasteiger partial charge in [-0.25, -0.2) is 4.79 Å². The van der Waals surface area contributed by atoms with Gasteiger partial charge in [-0.05, 0) is 31.0 Å². The zero-order valence-electron chi connectivity index (χ0n) is 10.0. The molecule has 1 aromatic carbocycles. The zero-order valence-corrected chi connectivity index (χ0v) is 11.5.